The zero-order valence-electron chi connectivity index (χ0n) is 11.2. The van der Waals surface area contributed by atoms with Gasteiger partial charge in [-0.2, -0.15) is 0 Å². The molecule has 1 aromatic carbocycles. The second-order valence-electron chi connectivity index (χ2n) is 4.32. The second kappa shape index (κ2) is 7.73. The van der Waals surface area contributed by atoms with Crippen molar-refractivity contribution in [3.63, 3.8) is 0 Å². The van der Waals surface area contributed by atoms with E-state index in [2.05, 4.69) is 0 Å². The minimum absolute atomic E-state index is 0.0690. The number of aliphatic hydroxyl groups excluding tert-OH is 1. The Morgan fingerprint density at radius 3 is 2.47 bits per heavy atom. The molecule has 0 aliphatic rings. The van der Waals surface area contributed by atoms with Crippen molar-refractivity contribution in [2.75, 3.05) is 13.2 Å². The Labute approximate surface area is 124 Å². The number of carbonyl (C=O) groups excluding carboxylic acids is 1. The van der Waals surface area contributed by atoms with Gasteiger partial charge in [-0.05, 0) is 31.0 Å². The lowest BCUT2D eigenvalue weighted by atomic mass is 10.1. The van der Waals surface area contributed by atoms with Crippen LogP contribution in [0, 0.1) is 0 Å². The van der Waals surface area contributed by atoms with E-state index in [0.29, 0.717) is 22.2 Å². The molecule has 0 saturated heterocycles. The molecule has 1 N–H and O–H groups in total. The zero-order valence-corrected chi connectivity index (χ0v) is 12.7. The normalized spacial score (nSPS) is 10.8. The molecule has 0 aromatic heterocycles. The van der Waals surface area contributed by atoms with Crippen LogP contribution in [-0.2, 0) is 0 Å². The molecule has 0 atom stereocenters. The third-order valence-corrected chi connectivity index (χ3v) is 3.71. The third kappa shape index (κ3) is 4.10. The number of benzene rings is 1. The van der Waals surface area contributed by atoms with Gasteiger partial charge in [0.25, 0.3) is 5.91 Å². The van der Waals surface area contributed by atoms with Gasteiger partial charge in [-0.1, -0.05) is 37.0 Å². The third-order valence-electron chi connectivity index (χ3n) is 3.14. The van der Waals surface area contributed by atoms with E-state index in [1.807, 2.05) is 13.8 Å². The lowest BCUT2D eigenvalue weighted by Crippen LogP contribution is -2.41. The Kier molecular flexibility index (Phi) is 6.63. The summed E-state index contributed by atoms with van der Waals surface area (Å²) < 4.78 is 0. The molecular weight excluding hydrogens is 285 g/mol. The summed E-state index contributed by atoms with van der Waals surface area (Å²) in [7, 11) is 0. The van der Waals surface area contributed by atoms with Crippen LogP contribution in [-0.4, -0.2) is 35.1 Å². The molecule has 1 rings (SSSR count). The molecule has 19 heavy (non-hydrogen) atoms. The van der Waals surface area contributed by atoms with E-state index in [4.69, 9.17) is 28.3 Å². The second-order valence-corrected chi connectivity index (χ2v) is 5.16. The molecule has 106 valence electrons. The molecule has 5 heteroatoms. The van der Waals surface area contributed by atoms with Gasteiger partial charge in [0.1, 0.15) is 0 Å². The van der Waals surface area contributed by atoms with Crippen molar-refractivity contribution in [3.8, 4) is 0 Å². The van der Waals surface area contributed by atoms with Gasteiger partial charge in [0.05, 0.1) is 17.2 Å². The summed E-state index contributed by atoms with van der Waals surface area (Å²) in [6.07, 6.45) is 1.67. The van der Waals surface area contributed by atoms with E-state index in [1.165, 1.54) is 0 Å². The van der Waals surface area contributed by atoms with E-state index in [-0.39, 0.29) is 18.6 Å². The molecule has 3 nitrogen and oxygen atoms in total. The fraction of sp³-hybridized carbons (Fsp3) is 0.500. The molecule has 0 aliphatic carbocycles. The van der Waals surface area contributed by atoms with Crippen molar-refractivity contribution in [3.05, 3.63) is 33.8 Å². The molecule has 0 bridgehead atoms. The monoisotopic (exact) mass is 303 g/mol. The van der Waals surface area contributed by atoms with Crippen molar-refractivity contribution in [2.24, 2.45) is 0 Å². The Bertz CT molecular complexity index is 433. The topological polar surface area (TPSA) is 40.5 Å². The summed E-state index contributed by atoms with van der Waals surface area (Å²) in [5.74, 6) is -0.185. The van der Waals surface area contributed by atoms with Gasteiger partial charge < -0.3 is 10.0 Å². The summed E-state index contributed by atoms with van der Waals surface area (Å²) >= 11 is 12.0. The minimum atomic E-state index is -0.185. The summed E-state index contributed by atoms with van der Waals surface area (Å²) in [4.78, 5) is 14.2. The minimum Gasteiger partial charge on any atom is -0.395 e. The van der Waals surface area contributed by atoms with Gasteiger partial charge in [-0.3, -0.25) is 4.79 Å². The van der Waals surface area contributed by atoms with E-state index in [0.717, 1.165) is 12.8 Å². The molecule has 0 saturated carbocycles. The predicted octanol–water partition coefficient (Wildman–Crippen LogP) is 3.62. The zero-order chi connectivity index (χ0) is 14.4. The number of hydrogen-bond acceptors (Lipinski definition) is 2. The van der Waals surface area contributed by atoms with E-state index >= 15 is 0 Å². The number of carbonyl (C=O) groups is 1. The van der Waals surface area contributed by atoms with E-state index in [9.17, 15) is 4.79 Å². The lowest BCUT2D eigenvalue weighted by Gasteiger charge is -2.30. The Balaban J connectivity index is 3.08. The van der Waals surface area contributed by atoms with Crippen LogP contribution in [0.15, 0.2) is 18.2 Å². The van der Waals surface area contributed by atoms with Gasteiger partial charge in [0.2, 0.25) is 0 Å². The smallest absolute Gasteiger partial charge is 0.255 e. The van der Waals surface area contributed by atoms with Gasteiger partial charge >= 0.3 is 0 Å². The number of nitrogens with zero attached hydrogens (tertiary/aromatic N) is 1. The average Bonchev–Trinajstić information content (AvgIpc) is 2.41. The van der Waals surface area contributed by atoms with Crippen LogP contribution in [0.4, 0.5) is 0 Å². The molecule has 0 aliphatic heterocycles. The number of aliphatic hydroxyl groups is 1. The lowest BCUT2D eigenvalue weighted by molar-refractivity contribution is 0.0622. The highest BCUT2D eigenvalue weighted by molar-refractivity contribution is 6.35. The first-order valence-electron chi connectivity index (χ1n) is 6.42. The first-order chi connectivity index (χ1) is 9.04. The van der Waals surface area contributed by atoms with Crippen molar-refractivity contribution < 1.29 is 9.90 Å². The van der Waals surface area contributed by atoms with Gasteiger partial charge in [-0.15, -0.1) is 0 Å². The Morgan fingerprint density at radius 2 is 1.95 bits per heavy atom. The largest absolute Gasteiger partial charge is 0.395 e. The maximum absolute atomic E-state index is 12.5. The fourth-order valence-electron chi connectivity index (χ4n) is 2.10. The standard InChI is InChI=1S/C14H19Cl2NO2/c1-3-11(4-2)17(7-8-18)14(19)12-9-10(15)5-6-13(12)16/h5-6,9,11,18H,3-4,7-8H2,1-2H3. The highest BCUT2D eigenvalue weighted by Crippen LogP contribution is 2.23. The maximum Gasteiger partial charge on any atom is 0.255 e. The van der Waals surface area contributed by atoms with Crippen LogP contribution in [0.2, 0.25) is 10.0 Å². The van der Waals surface area contributed by atoms with Crippen LogP contribution in [0.5, 0.6) is 0 Å². The summed E-state index contributed by atoms with van der Waals surface area (Å²) in [6, 6.07) is 4.92. The molecule has 1 aromatic rings. The number of hydrogen-bond donors (Lipinski definition) is 1. The SMILES string of the molecule is CCC(CC)N(CCO)C(=O)c1cc(Cl)ccc1Cl. The summed E-state index contributed by atoms with van der Waals surface area (Å²) in [5.41, 5.74) is 0.384. The van der Waals surface area contributed by atoms with Crippen molar-refractivity contribution in [1.82, 2.24) is 4.90 Å². The highest BCUT2D eigenvalue weighted by Gasteiger charge is 2.23. The number of halogens is 2. The van der Waals surface area contributed by atoms with Crippen LogP contribution in [0.3, 0.4) is 0 Å². The van der Waals surface area contributed by atoms with Crippen molar-refractivity contribution >= 4 is 29.1 Å². The Hall–Kier alpha value is -0.770. The van der Waals surface area contributed by atoms with Gasteiger partial charge in [0.15, 0.2) is 0 Å². The number of rotatable bonds is 6. The van der Waals surface area contributed by atoms with E-state index in [1.54, 1.807) is 23.1 Å². The molecule has 0 unspecified atom stereocenters. The van der Waals surface area contributed by atoms with Crippen molar-refractivity contribution in [1.29, 1.82) is 0 Å². The fourth-order valence-corrected chi connectivity index (χ4v) is 2.47. The van der Waals surface area contributed by atoms with Crippen molar-refractivity contribution in [2.45, 2.75) is 32.7 Å². The van der Waals surface area contributed by atoms with Crippen LogP contribution >= 0.6 is 23.2 Å². The molecule has 0 spiro atoms. The first kappa shape index (κ1) is 16.3. The quantitative estimate of drug-likeness (QED) is 0.872. The van der Waals surface area contributed by atoms with Crippen LogP contribution in [0.1, 0.15) is 37.0 Å². The average molecular weight is 304 g/mol. The van der Waals surface area contributed by atoms with Crippen LogP contribution in [0.25, 0.3) is 0 Å². The number of amides is 1. The Morgan fingerprint density at radius 1 is 1.32 bits per heavy atom. The van der Waals surface area contributed by atoms with Gasteiger partial charge in [0, 0.05) is 17.6 Å². The molecule has 1 amide bonds. The molecule has 0 heterocycles. The predicted molar refractivity (Wildman–Crippen MR) is 79.0 cm³/mol. The highest BCUT2D eigenvalue weighted by atomic mass is 35.5. The van der Waals surface area contributed by atoms with Gasteiger partial charge in [-0.25, -0.2) is 0 Å². The molecular formula is C14H19Cl2NO2. The maximum atomic E-state index is 12.5. The summed E-state index contributed by atoms with van der Waals surface area (Å²) in [5, 5.41) is 9.99. The first-order valence-corrected chi connectivity index (χ1v) is 7.17. The van der Waals surface area contributed by atoms with E-state index < -0.39 is 0 Å². The van der Waals surface area contributed by atoms with Crippen LogP contribution < -0.4 is 0 Å². The molecule has 0 fully saturated rings. The molecule has 0 radical (unpaired) electrons. The summed E-state index contributed by atoms with van der Waals surface area (Å²) in [6.45, 7) is 4.27.